The van der Waals surface area contributed by atoms with Gasteiger partial charge >= 0.3 is 0 Å². The molecule has 0 bridgehead atoms. The lowest BCUT2D eigenvalue weighted by Crippen LogP contribution is -2.17. The molecule has 0 amide bonds. The van der Waals surface area contributed by atoms with Crippen molar-refractivity contribution >= 4 is 39.9 Å². The molecule has 0 spiro atoms. The Morgan fingerprint density at radius 1 is 1.25 bits per heavy atom. The summed E-state index contributed by atoms with van der Waals surface area (Å²) >= 11 is 6.35. The predicted octanol–water partition coefficient (Wildman–Crippen LogP) is 3.56. The summed E-state index contributed by atoms with van der Waals surface area (Å²) < 4.78 is 6.82. The molecule has 1 atom stereocenters. The zero-order valence-electron chi connectivity index (χ0n) is 15.6. The first-order valence-corrected chi connectivity index (χ1v) is 9.28. The quantitative estimate of drug-likeness (QED) is 0.461. The van der Waals surface area contributed by atoms with Crippen LogP contribution in [-0.4, -0.2) is 44.8 Å². The number of aromatic nitrogens is 5. The first-order valence-electron chi connectivity index (χ1n) is 8.90. The van der Waals surface area contributed by atoms with Gasteiger partial charge in [-0.15, -0.1) is 0 Å². The van der Waals surface area contributed by atoms with Crippen LogP contribution in [0.2, 0.25) is 5.02 Å². The molecule has 1 aromatic carbocycles. The molecule has 144 valence electrons. The number of pyridine rings is 1. The fourth-order valence-corrected chi connectivity index (χ4v) is 3.27. The van der Waals surface area contributed by atoms with Crippen LogP contribution in [0, 0.1) is 0 Å². The zero-order valence-corrected chi connectivity index (χ0v) is 16.3. The SMILES string of the molecule is COCCNc1nc2c(Cl)cccc2cc1[C@H](C)Nc1ncnc2ccnn12. The standard InChI is InChI=1S/C19H20ClN7O/c1-12(25-19-23-11-22-16-6-7-24-27(16)19)14-10-13-4-3-5-15(20)17(13)26-18(14)21-8-9-28-2/h3-7,10-12H,8-9H2,1-2H3,(H,21,26)(H,22,23,25)/t12-/m0/s1. The zero-order chi connectivity index (χ0) is 19.5. The van der Waals surface area contributed by atoms with E-state index in [2.05, 4.69) is 31.8 Å². The van der Waals surface area contributed by atoms with Crippen LogP contribution < -0.4 is 10.6 Å². The number of anilines is 2. The highest BCUT2D eigenvalue weighted by Gasteiger charge is 2.16. The second kappa shape index (κ2) is 7.95. The molecule has 0 radical (unpaired) electrons. The Kier molecular flexibility index (Phi) is 5.23. The van der Waals surface area contributed by atoms with E-state index in [9.17, 15) is 0 Å². The van der Waals surface area contributed by atoms with Gasteiger partial charge in [0.2, 0.25) is 5.95 Å². The number of para-hydroxylation sites is 1. The third-order valence-corrected chi connectivity index (χ3v) is 4.74. The van der Waals surface area contributed by atoms with E-state index in [1.54, 1.807) is 17.8 Å². The average Bonchev–Trinajstić information content (AvgIpc) is 3.18. The minimum Gasteiger partial charge on any atom is -0.383 e. The number of methoxy groups -OCH3 is 1. The smallest absolute Gasteiger partial charge is 0.227 e. The van der Waals surface area contributed by atoms with Crippen molar-refractivity contribution in [2.75, 3.05) is 30.9 Å². The average molecular weight is 398 g/mol. The van der Waals surface area contributed by atoms with Crippen LogP contribution >= 0.6 is 11.6 Å². The molecule has 3 aromatic heterocycles. The largest absolute Gasteiger partial charge is 0.383 e. The molecular weight excluding hydrogens is 378 g/mol. The van der Waals surface area contributed by atoms with Gasteiger partial charge in [0.05, 0.1) is 29.4 Å². The summed E-state index contributed by atoms with van der Waals surface area (Å²) in [6.07, 6.45) is 3.21. The monoisotopic (exact) mass is 397 g/mol. The second-order valence-corrected chi connectivity index (χ2v) is 6.73. The van der Waals surface area contributed by atoms with Gasteiger partial charge in [-0.25, -0.2) is 15.0 Å². The van der Waals surface area contributed by atoms with Gasteiger partial charge < -0.3 is 15.4 Å². The molecule has 2 N–H and O–H groups in total. The van der Waals surface area contributed by atoms with Crippen molar-refractivity contribution in [3.05, 3.63) is 53.4 Å². The number of ether oxygens (including phenoxy) is 1. The summed E-state index contributed by atoms with van der Waals surface area (Å²) in [4.78, 5) is 13.3. The third-order valence-electron chi connectivity index (χ3n) is 4.43. The Bertz CT molecular complexity index is 1110. The summed E-state index contributed by atoms with van der Waals surface area (Å²) in [5, 5.41) is 12.6. The van der Waals surface area contributed by atoms with Gasteiger partial charge in [-0.2, -0.15) is 9.61 Å². The molecule has 0 fully saturated rings. The van der Waals surface area contributed by atoms with Crippen LogP contribution in [0.15, 0.2) is 42.9 Å². The van der Waals surface area contributed by atoms with E-state index < -0.39 is 0 Å². The molecule has 0 aliphatic rings. The van der Waals surface area contributed by atoms with Crippen molar-refractivity contribution in [1.29, 1.82) is 0 Å². The highest BCUT2D eigenvalue weighted by Crippen LogP contribution is 2.30. The molecule has 9 heteroatoms. The maximum atomic E-state index is 6.35. The van der Waals surface area contributed by atoms with E-state index in [-0.39, 0.29) is 6.04 Å². The predicted molar refractivity (Wildman–Crippen MR) is 110 cm³/mol. The molecule has 0 unspecified atom stereocenters. The van der Waals surface area contributed by atoms with Crippen molar-refractivity contribution in [2.45, 2.75) is 13.0 Å². The summed E-state index contributed by atoms with van der Waals surface area (Å²) in [5.41, 5.74) is 2.48. The maximum absolute atomic E-state index is 6.35. The van der Waals surface area contributed by atoms with Crippen LogP contribution in [0.3, 0.4) is 0 Å². The van der Waals surface area contributed by atoms with Gasteiger partial charge in [-0.05, 0) is 19.1 Å². The van der Waals surface area contributed by atoms with Crippen molar-refractivity contribution in [3.63, 3.8) is 0 Å². The molecule has 0 saturated carbocycles. The fourth-order valence-electron chi connectivity index (χ4n) is 3.05. The van der Waals surface area contributed by atoms with Gasteiger partial charge in [0.1, 0.15) is 12.1 Å². The van der Waals surface area contributed by atoms with Crippen LogP contribution in [0.5, 0.6) is 0 Å². The molecule has 0 saturated heterocycles. The Morgan fingerprint density at radius 2 is 2.14 bits per heavy atom. The van der Waals surface area contributed by atoms with Crippen LogP contribution in [0.4, 0.5) is 11.8 Å². The second-order valence-electron chi connectivity index (χ2n) is 6.32. The van der Waals surface area contributed by atoms with Crippen LogP contribution in [0.1, 0.15) is 18.5 Å². The number of nitrogens with zero attached hydrogens (tertiary/aromatic N) is 5. The van der Waals surface area contributed by atoms with Gasteiger partial charge in [-0.1, -0.05) is 23.7 Å². The van der Waals surface area contributed by atoms with E-state index in [1.165, 1.54) is 6.33 Å². The van der Waals surface area contributed by atoms with E-state index in [0.29, 0.717) is 24.1 Å². The summed E-state index contributed by atoms with van der Waals surface area (Å²) in [6.45, 7) is 3.26. The van der Waals surface area contributed by atoms with Crippen molar-refractivity contribution < 1.29 is 4.74 Å². The summed E-state index contributed by atoms with van der Waals surface area (Å²) in [7, 11) is 1.67. The lowest BCUT2D eigenvalue weighted by Gasteiger charge is -2.20. The van der Waals surface area contributed by atoms with Gasteiger partial charge in [0.15, 0.2) is 5.65 Å². The molecule has 28 heavy (non-hydrogen) atoms. The number of rotatable bonds is 7. The fraction of sp³-hybridized carbons (Fsp3) is 0.263. The minimum absolute atomic E-state index is 0.0942. The Hall–Kier alpha value is -2.97. The Labute approximate surface area is 166 Å². The van der Waals surface area contributed by atoms with Crippen LogP contribution in [0.25, 0.3) is 16.6 Å². The van der Waals surface area contributed by atoms with Crippen molar-refractivity contribution in [2.24, 2.45) is 0 Å². The number of hydrogen-bond acceptors (Lipinski definition) is 7. The third kappa shape index (κ3) is 3.56. The topological polar surface area (TPSA) is 89.3 Å². The van der Waals surface area contributed by atoms with Crippen molar-refractivity contribution in [3.8, 4) is 0 Å². The number of benzene rings is 1. The first-order chi connectivity index (χ1) is 13.7. The summed E-state index contributed by atoms with van der Waals surface area (Å²) in [6, 6.07) is 9.58. The van der Waals surface area contributed by atoms with Crippen molar-refractivity contribution in [1.82, 2.24) is 24.6 Å². The molecule has 0 aliphatic heterocycles. The minimum atomic E-state index is -0.0942. The molecule has 4 rings (SSSR count). The van der Waals surface area contributed by atoms with Crippen LogP contribution in [-0.2, 0) is 4.74 Å². The Morgan fingerprint density at radius 3 is 3.00 bits per heavy atom. The molecule has 3 heterocycles. The highest BCUT2D eigenvalue weighted by atomic mass is 35.5. The lowest BCUT2D eigenvalue weighted by atomic mass is 10.1. The molecular formula is C19H20ClN7O. The molecule has 8 nitrogen and oxygen atoms in total. The number of fused-ring (bicyclic) bond motifs is 2. The highest BCUT2D eigenvalue weighted by molar-refractivity contribution is 6.35. The van der Waals surface area contributed by atoms with E-state index in [1.807, 2.05) is 31.2 Å². The normalized spacial score (nSPS) is 12.4. The molecule has 4 aromatic rings. The van der Waals surface area contributed by atoms with E-state index >= 15 is 0 Å². The number of halogens is 1. The Balaban J connectivity index is 1.72. The molecule has 0 aliphatic carbocycles. The first kappa shape index (κ1) is 18.4. The van der Waals surface area contributed by atoms with Gasteiger partial charge in [-0.3, -0.25) is 0 Å². The number of nitrogens with one attached hydrogen (secondary N) is 2. The van der Waals surface area contributed by atoms with Gasteiger partial charge in [0, 0.05) is 30.7 Å². The van der Waals surface area contributed by atoms with E-state index in [0.717, 1.165) is 27.9 Å². The van der Waals surface area contributed by atoms with Gasteiger partial charge in [0.25, 0.3) is 0 Å². The maximum Gasteiger partial charge on any atom is 0.227 e. The number of hydrogen-bond donors (Lipinski definition) is 2. The van der Waals surface area contributed by atoms with E-state index in [4.69, 9.17) is 21.3 Å². The summed E-state index contributed by atoms with van der Waals surface area (Å²) in [5.74, 6) is 1.36. The lowest BCUT2D eigenvalue weighted by molar-refractivity contribution is 0.210.